The van der Waals surface area contributed by atoms with E-state index in [1.807, 2.05) is 49.6 Å². The summed E-state index contributed by atoms with van der Waals surface area (Å²) in [5, 5.41) is 7.07. The lowest BCUT2D eigenvalue weighted by atomic mass is 10.1. The lowest BCUT2D eigenvalue weighted by Crippen LogP contribution is -2.22. The summed E-state index contributed by atoms with van der Waals surface area (Å²) in [7, 11) is 0. The van der Waals surface area contributed by atoms with Gasteiger partial charge in [-0.3, -0.25) is 4.79 Å². The smallest absolute Gasteiger partial charge is 0.246 e. The van der Waals surface area contributed by atoms with Crippen LogP contribution in [-0.4, -0.2) is 16.6 Å². The third-order valence-electron chi connectivity index (χ3n) is 2.77. The number of hydrogen-bond acceptors (Lipinski definition) is 4. The maximum Gasteiger partial charge on any atom is 0.246 e. The maximum atomic E-state index is 11.8. The van der Waals surface area contributed by atoms with Crippen molar-refractivity contribution in [2.75, 3.05) is 0 Å². The minimum Gasteiger partial charge on any atom is -0.273 e. The van der Waals surface area contributed by atoms with Crippen LogP contribution in [0.25, 0.3) is 0 Å². The highest BCUT2D eigenvalue weighted by Gasteiger charge is 2.06. The number of carbonyl (C=O) groups excluding carboxylic acids is 1. The lowest BCUT2D eigenvalue weighted by molar-refractivity contribution is -0.120. The standard InChI is InChI=1S/C15H17N3OS/c1-3-14(12-7-5-4-6-8-12)17-18-15(19)9-13-10-20-11(2)16-13/h4-8,10H,3,9H2,1-2H3,(H,18,19)/b17-14-. The number of thiazole rings is 1. The van der Waals surface area contributed by atoms with Gasteiger partial charge in [-0.05, 0) is 18.9 Å². The van der Waals surface area contributed by atoms with E-state index in [1.165, 1.54) is 0 Å². The van der Waals surface area contributed by atoms with E-state index >= 15 is 0 Å². The van der Waals surface area contributed by atoms with Crippen LogP contribution in [0.2, 0.25) is 0 Å². The molecule has 0 radical (unpaired) electrons. The molecule has 104 valence electrons. The summed E-state index contributed by atoms with van der Waals surface area (Å²) in [5.41, 5.74) is 5.29. The van der Waals surface area contributed by atoms with E-state index in [-0.39, 0.29) is 12.3 Å². The average molecular weight is 287 g/mol. The van der Waals surface area contributed by atoms with Crippen molar-refractivity contribution in [1.29, 1.82) is 0 Å². The van der Waals surface area contributed by atoms with Gasteiger partial charge in [-0.1, -0.05) is 37.3 Å². The second-order valence-corrected chi connectivity index (χ2v) is 5.41. The number of amides is 1. The van der Waals surface area contributed by atoms with Crippen molar-refractivity contribution in [3.63, 3.8) is 0 Å². The van der Waals surface area contributed by atoms with Crippen LogP contribution in [0.5, 0.6) is 0 Å². The molecule has 0 aliphatic rings. The number of hydrogen-bond donors (Lipinski definition) is 1. The molecular weight excluding hydrogens is 270 g/mol. The number of benzene rings is 1. The third-order valence-corrected chi connectivity index (χ3v) is 3.59. The van der Waals surface area contributed by atoms with Crippen LogP contribution in [0.3, 0.4) is 0 Å². The molecule has 20 heavy (non-hydrogen) atoms. The normalized spacial score (nSPS) is 11.4. The third kappa shape index (κ3) is 3.99. The van der Waals surface area contributed by atoms with Gasteiger partial charge in [-0.25, -0.2) is 10.4 Å². The van der Waals surface area contributed by atoms with Crippen LogP contribution in [0, 0.1) is 6.92 Å². The Bertz CT molecular complexity index is 605. The highest BCUT2D eigenvalue weighted by atomic mass is 32.1. The molecule has 1 aromatic carbocycles. The second-order valence-electron chi connectivity index (χ2n) is 4.35. The van der Waals surface area contributed by atoms with Crippen molar-refractivity contribution >= 4 is 23.0 Å². The van der Waals surface area contributed by atoms with Gasteiger partial charge >= 0.3 is 0 Å². The van der Waals surface area contributed by atoms with Gasteiger partial charge in [0.2, 0.25) is 5.91 Å². The zero-order valence-electron chi connectivity index (χ0n) is 11.6. The summed E-state index contributed by atoms with van der Waals surface area (Å²) < 4.78 is 0. The number of carbonyl (C=O) groups is 1. The molecule has 0 spiro atoms. The Morgan fingerprint density at radius 1 is 1.35 bits per heavy atom. The fourth-order valence-electron chi connectivity index (χ4n) is 1.80. The monoisotopic (exact) mass is 287 g/mol. The number of nitrogens with one attached hydrogen (secondary N) is 1. The molecule has 4 nitrogen and oxygen atoms in total. The van der Waals surface area contributed by atoms with Gasteiger partial charge in [0.1, 0.15) is 0 Å². The molecule has 0 saturated heterocycles. The Hall–Kier alpha value is -2.01. The van der Waals surface area contributed by atoms with E-state index < -0.39 is 0 Å². The number of hydrazone groups is 1. The van der Waals surface area contributed by atoms with E-state index in [1.54, 1.807) is 11.3 Å². The molecule has 0 fully saturated rings. The van der Waals surface area contributed by atoms with Crippen LogP contribution in [0.1, 0.15) is 29.6 Å². The highest BCUT2D eigenvalue weighted by molar-refractivity contribution is 7.09. The first-order valence-corrected chi connectivity index (χ1v) is 7.39. The van der Waals surface area contributed by atoms with Crippen LogP contribution in [0.15, 0.2) is 40.8 Å². The Kier molecular flexibility index (Phi) is 5.01. The molecule has 2 aromatic rings. The van der Waals surface area contributed by atoms with E-state index in [0.717, 1.165) is 28.4 Å². The van der Waals surface area contributed by atoms with Crippen molar-refractivity contribution < 1.29 is 4.79 Å². The van der Waals surface area contributed by atoms with Crippen LogP contribution in [-0.2, 0) is 11.2 Å². The largest absolute Gasteiger partial charge is 0.273 e. The molecule has 0 atom stereocenters. The Balaban J connectivity index is 1.98. The van der Waals surface area contributed by atoms with Gasteiger partial charge in [0.05, 0.1) is 22.8 Å². The zero-order chi connectivity index (χ0) is 14.4. The Labute approximate surface area is 122 Å². The van der Waals surface area contributed by atoms with Gasteiger partial charge in [0.25, 0.3) is 0 Å². The molecule has 1 heterocycles. The molecule has 1 amide bonds. The fourth-order valence-corrected chi connectivity index (χ4v) is 2.41. The highest BCUT2D eigenvalue weighted by Crippen LogP contribution is 2.08. The summed E-state index contributed by atoms with van der Waals surface area (Å²) in [6.07, 6.45) is 1.03. The molecule has 0 bridgehead atoms. The van der Waals surface area contributed by atoms with E-state index in [0.29, 0.717) is 0 Å². The first-order valence-electron chi connectivity index (χ1n) is 6.51. The van der Waals surface area contributed by atoms with E-state index in [9.17, 15) is 4.79 Å². The number of nitrogens with zero attached hydrogens (tertiary/aromatic N) is 2. The second kappa shape index (κ2) is 6.96. The fraction of sp³-hybridized carbons (Fsp3) is 0.267. The number of aromatic nitrogens is 1. The Morgan fingerprint density at radius 3 is 2.70 bits per heavy atom. The Morgan fingerprint density at radius 2 is 2.10 bits per heavy atom. The van der Waals surface area contributed by atoms with Gasteiger partial charge in [-0.2, -0.15) is 5.10 Å². The quantitative estimate of drug-likeness (QED) is 0.679. The summed E-state index contributed by atoms with van der Waals surface area (Å²) in [5.74, 6) is -0.141. The van der Waals surface area contributed by atoms with Crippen molar-refractivity contribution in [1.82, 2.24) is 10.4 Å². The summed E-state index contributed by atoms with van der Waals surface area (Å²) >= 11 is 1.55. The first-order chi connectivity index (χ1) is 9.69. The van der Waals surface area contributed by atoms with E-state index in [4.69, 9.17) is 0 Å². The van der Waals surface area contributed by atoms with Gasteiger partial charge in [0, 0.05) is 5.38 Å². The molecular formula is C15H17N3OS. The number of aryl methyl sites for hydroxylation is 1. The van der Waals surface area contributed by atoms with Crippen LogP contribution >= 0.6 is 11.3 Å². The average Bonchev–Trinajstić information content (AvgIpc) is 2.86. The molecule has 5 heteroatoms. The molecule has 0 aliphatic heterocycles. The topological polar surface area (TPSA) is 54.4 Å². The summed E-state index contributed by atoms with van der Waals surface area (Å²) in [6.45, 7) is 3.94. The maximum absolute atomic E-state index is 11.8. The van der Waals surface area contributed by atoms with Crippen LogP contribution < -0.4 is 5.43 Å². The summed E-state index contributed by atoms with van der Waals surface area (Å²) in [6, 6.07) is 9.84. The minimum atomic E-state index is -0.141. The molecule has 1 N–H and O–H groups in total. The van der Waals surface area contributed by atoms with Gasteiger partial charge in [-0.15, -0.1) is 11.3 Å². The molecule has 0 unspecified atom stereocenters. The molecule has 0 aliphatic carbocycles. The van der Waals surface area contributed by atoms with Gasteiger partial charge in [0.15, 0.2) is 0 Å². The van der Waals surface area contributed by atoms with Crippen LogP contribution in [0.4, 0.5) is 0 Å². The predicted octanol–water partition coefficient (Wildman–Crippen LogP) is 2.92. The number of rotatable bonds is 5. The molecule has 2 rings (SSSR count). The molecule has 0 saturated carbocycles. The minimum absolute atomic E-state index is 0.141. The van der Waals surface area contributed by atoms with Crippen molar-refractivity contribution in [2.45, 2.75) is 26.7 Å². The summed E-state index contributed by atoms with van der Waals surface area (Å²) in [4.78, 5) is 16.1. The van der Waals surface area contributed by atoms with Crippen molar-refractivity contribution in [3.05, 3.63) is 52.0 Å². The first kappa shape index (κ1) is 14.4. The van der Waals surface area contributed by atoms with Gasteiger partial charge < -0.3 is 0 Å². The van der Waals surface area contributed by atoms with Crippen molar-refractivity contribution in [2.24, 2.45) is 5.10 Å². The zero-order valence-corrected chi connectivity index (χ0v) is 12.4. The van der Waals surface area contributed by atoms with E-state index in [2.05, 4.69) is 15.5 Å². The SMILES string of the molecule is CC/C(=N/NC(=O)Cc1csc(C)n1)c1ccccc1. The van der Waals surface area contributed by atoms with Crippen molar-refractivity contribution in [3.8, 4) is 0 Å². The predicted molar refractivity (Wildman–Crippen MR) is 82.0 cm³/mol. The lowest BCUT2D eigenvalue weighted by Gasteiger charge is -2.04. The molecule has 1 aromatic heterocycles.